The molecule has 0 spiro atoms. The van der Waals surface area contributed by atoms with Gasteiger partial charge in [0.05, 0.1) is 5.69 Å². The Bertz CT molecular complexity index is 893. The third-order valence-electron chi connectivity index (χ3n) is 4.37. The molecule has 6 nitrogen and oxygen atoms in total. The molecule has 0 amide bonds. The van der Waals surface area contributed by atoms with Gasteiger partial charge in [0.15, 0.2) is 5.65 Å². The summed E-state index contributed by atoms with van der Waals surface area (Å²) in [6.45, 7) is 10.7. The molecule has 1 aromatic carbocycles. The van der Waals surface area contributed by atoms with Crippen molar-refractivity contribution in [2.45, 2.75) is 44.9 Å². The highest BCUT2D eigenvalue weighted by molar-refractivity contribution is 5.60. The van der Waals surface area contributed by atoms with Gasteiger partial charge in [0, 0.05) is 23.9 Å². The molecule has 0 saturated heterocycles. The topological polar surface area (TPSA) is 76.4 Å². The van der Waals surface area contributed by atoms with Gasteiger partial charge in [-0.2, -0.15) is 9.61 Å². The van der Waals surface area contributed by atoms with Crippen molar-refractivity contribution >= 4 is 30.7 Å². The van der Waals surface area contributed by atoms with Crippen LogP contribution in [0, 0.1) is 0 Å². The van der Waals surface area contributed by atoms with Crippen LogP contribution in [-0.2, 0) is 15.0 Å². The van der Waals surface area contributed by atoms with E-state index >= 15 is 0 Å². The highest BCUT2D eigenvalue weighted by Gasteiger charge is 2.26. The van der Waals surface area contributed by atoms with Crippen LogP contribution in [0.3, 0.4) is 0 Å². The summed E-state index contributed by atoms with van der Waals surface area (Å²) in [5, 5.41) is 8.23. The molecule has 1 saturated carbocycles. The van der Waals surface area contributed by atoms with Crippen molar-refractivity contribution in [3.8, 4) is 0 Å². The highest BCUT2D eigenvalue weighted by atomic mass is 16.1. The average molecular weight is 366 g/mol. The van der Waals surface area contributed by atoms with E-state index in [4.69, 9.17) is 14.7 Å². The number of fused-ring (bicyclic) bond motifs is 1. The number of benzene rings is 1. The molecule has 4 rings (SSSR count). The molecule has 1 aliphatic carbocycles. The van der Waals surface area contributed by atoms with Gasteiger partial charge in [0.1, 0.15) is 19.4 Å². The van der Waals surface area contributed by atoms with Crippen molar-refractivity contribution in [3.05, 3.63) is 53.9 Å². The smallest absolute Gasteiger partial charge is 0.157 e. The predicted molar refractivity (Wildman–Crippen MR) is 108 cm³/mol. The van der Waals surface area contributed by atoms with E-state index < -0.39 is 0 Å². The lowest BCUT2D eigenvalue weighted by Gasteiger charge is -2.20. The van der Waals surface area contributed by atoms with Crippen LogP contribution in [-0.4, -0.2) is 28.2 Å². The van der Waals surface area contributed by atoms with E-state index in [1.165, 1.54) is 18.4 Å². The SMILES string of the molecule is C=O.C=O.CC(C)(C)c1cccc(Nc2ccnc3cc(C4CC4)nn23)c1. The fraction of sp³-hybridized carbons (Fsp3) is 0.333. The molecule has 3 aromatic rings. The molecular formula is C21H26N4O2. The van der Waals surface area contributed by atoms with E-state index in [1.54, 1.807) is 0 Å². The monoisotopic (exact) mass is 366 g/mol. The summed E-state index contributed by atoms with van der Waals surface area (Å²) in [5.74, 6) is 1.58. The van der Waals surface area contributed by atoms with Gasteiger partial charge < -0.3 is 14.9 Å². The van der Waals surface area contributed by atoms with Crippen LogP contribution < -0.4 is 5.32 Å². The van der Waals surface area contributed by atoms with E-state index in [1.807, 2.05) is 30.4 Å². The van der Waals surface area contributed by atoms with Crippen LogP contribution in [0.1, 0.15) is 50.8 Å². The number of carbonyl (C=O) groups is 2. The van der Waals surface area contributed by atoms with Crippen LogP contribution >= 0.6 is 0 Å². The third-order valence-corrected chi connectivity index (χ3v) is 4.37. The number of carbonyl (C=O) groups excluding carboxylic acids is 2. The van der Waals surface area contributed by atoms with Gasteiger partial charge in [-0.1, -0.05) is 32.9 Å². The minimum Gasteiger partial charge on any atom is -0.340 e. The van der Waals surface area contributed by atoms with Crippen LogP contribution in [0.25, 0.3) is 5.65 Å². The van der Waals surface area contributed by atoms with Crippen LogP contribution in [0.15, 0.2) is 42.6 Å². The fourth-order valence-corrected chi connectivity index (χ4v) is 2.80. The molecule has 1 aliphatic rings. The zero-order chi connectivity index (χ0) is 20.0. The number of anilines is 2. The zero-order valence-corrected chi connectivity index (χ0v) is 16.1. The summed E-state index contributed by atoms with van der Waals surface area (Å²) in [5.41, 5.74) is 4.59. The molecular weight excluding hydrogens is 340 g/mol. The first-order valence-corrected chi connectivity index (χ1v) is 8.81. The number of hydrogen-bond acceptors (Lipinski definition) is 5. The normalized spacial score (nSPS) is 13.1. The fourth-order valence-electron chi connectivity index (χ4n) is 2.80. The van der Waals surface area contributed by atoms with Crippen molar-refractivity contribution in [3.63, 3.8) is 0 Å². The molecule has 0 aliphatic heterocycles. The van der Waals surface area contributed by atoms with E-state index in [0.717, 1.165) is 22.8 Å². The molecule has 1 N–H and O–H groups in total. The number of nitrogens with zero attached hydrogens (tertiary/aromatic N) is 3. The molecule has 0 atom stereocenters. The van der Waals surface area contributed by atoms with Crippen LogP contribution in [0.4, 0.5) is 11.5 Å². The van der Waals surface area contributed by atoms with Crippen LogP contribution in [0.2, 0.25) is 0 Å². The number of hydrogen-bond donors (Lipinski definition) is 1. The summed E-state index contributed by atoms with van der Waals surface area (Å²) < 4.78 is 1.91. The lowest BCUT2D eigenvalue weighted by atomic mass is 9.87. The molecule has 2 aromatic heterocycles. The van der Waals surface area contributed by atoms with Crippen molar-refractivity contribution in [2.24, 2.45) is 0 Å². The van der Waals surface area contributed by atoms with Gasteiger partial charge in [-0.3, -0.25) is 0 Å². The summed E-state index contributed by atoms with van der Waals surface area (Å²) >= 11 is 0. The Labute approximate surface area is 159 Å². The maximum atomic E-state index is 8.00. The molecule has 142 valence electrons. The Kier molecular flexibility index (Phi) is 6.45. The first-order chi connectivity index (χ1) is 13.0. The van der Waals surface area contributed by atoms with Gasteiger partial charge in [-0.25, -0.2) is 4.98 Å². The maximum Gasteiger partial charge on any atom is 0.157 e. The van der Waals surface area contributed by atoms with E-state index in [2.05, 4.69) is 61.4 Å². The van der Waals surface area contributed by atoms with E-state index in [-0.39, 0.29) is 5.41 Å². The minimum atomic E-state index is 0.135. The van der Waals surface area contributed by atoms with Gasteiger partial charge in [-0.05, 0) is 42.0 Å². The number of nitrogens with one attached hydrogen (secondary N) is 1. The second kappa shape index (κ2) is 8.58. The Morgan fingerprint density at radius 1 is 1.07 bits per heavy atom. The van der Waals surface area contributed by atoms with Gasteiger partial charge >= 0.3 is 0 Å². The first-order valence-electron chi connectivity index (χ1n) is 8.81. The quantitative estimate of drug-likeness (QED) is 0.749. The number of rotatable bonds is 3. The maximum absolute atomic E-state index is 8.00. The molecule has 6 heteroatoms. The molecule has 0 unspecified atom stereocenters. The van der Waals surface area contributed by atoms with Gasteiger partial charge in [0.25, 0.3) is 0 Å². The molecule has 1 fully saturated rings. The highest BCUT2D eigenvalue weighted by Crippen LogP contribution is 2.39. The van der Waals surface area contributed by atoms with Gasteiger partial charge in [-0.15, -0.1) is 0 Å². The van der Waals surface area contributed by atoms with Crippen molar-refractivity contribution in [1.29, 1.82) is 0 Å². The van der Waals surface area contributed by atoms with E-state index in [0.29, 0.717) is 5.92 Å². The van der Waals surface area contributed by atoms with Crippen molar-refractivity contribution < 1.29 is 9.59 Å². The standard InChI is InChI=1S/C19H22N4.2CH2O/c1-19(2,3)14-5-4-6-15(11-14)21-17-9-10-20-18-12-16(13-7-8-13)22-23(17)18;2*1-2/h4-6,9-13,21H,7-8H2,1-3H3;2*1H2. The van der Waals surface area contributed by atoms with E-state index in [9.17, 15) is 0 Å². The minimum absolute atomic E-state index is 0.135. The predicted octanol–water partition coefficient (Wildman–Crippen LogP) is 4.28. The number of aromatic nitrogens is 3. The summed E-state index contributed by atoms with van der Waals surface area (Å²) in [6, 6.07) is 12.6. The second-order valence-corrected chi connectivity index (χ2v) is 7.40. The second-order valence-electron chi connectivity index (χ2n) is 7.40. The molecule has 0 bridgehead atoms. The summed E-state index contributed by atoms with van der Waals surface area (Å²) in [7, 11) is 0. The lowest BCUT2D eigenvalue weighted by molar-refractivity contribution is -0.0987. The Morgan fingerprint density at radius 3 is 2.41 bits per heavy atom. The first kappa shape index (κ1) is 20.3. The Hall–Kier alpha value is -3.02. The molecule has 27 heavy (non-hydrogen) atoms. The van der Waals surface area contributed by atoms with Crippen molar-refractivity contribution in [2.75, 3.05) is 5.32 Å². The Balaban J connectivity index is 0.000000614. The molecule has 0 radical (unpaired) electrons. The third kappa shape index (κ3) is 4.78. The van der Waals surface area contributed by atoms with Crippen molar-refractivity contribution in [1.82, 2.24) is 14.6 Å². The summed E-state index contributed by atoms with van der Waals surface area (Å²) in [6.07, 6.45) is 4.34. The largest absolute Gasteiger partial charge is 0.340 e. The average Bonchev–Trinajstić information content (AvgIpc) is 3.44. The van der Waals surface area contributed by atoms with Gasteiger partial charge in [0.2, 0.25) is 0 Å². The van der Waals surface area contributed by atoms with Crippen LogP contribution in [0.5, 0.6) is 0 Å². The molecule has 2 heterocycles. The summed E-state index contributed by atoms with van der Waals surface area (Å²) in [4.78, 5) is 20.4. The Morgan fingerprint density at radius 2 is 1.78 bits per heavy atom. The zero-order valence-electron chi connectivity index (χ0n) is 16.1. The lowest BCUT2D eigenvalue weighted by Crippen LogP contribution is -2.11.